The zero-order valence-corrected chi connectivity index (χ0v) is 11.2. The van der Waals surface area contributed by atoms with Crippen LogP contribution in [-0.4, -0.2) is 23.9 Å². The van der Waals surface area contributed by atoms with E-state index in [1.807, 2.05) is 24.0 Å². The van der Waals surface area contributed by atoms with Gasteiger partial charge in [0.15, 0.2) is 0 Å². The molecule has 18 heavy (non-hydrogen) atoms. The van der Waals surface area contributed by atoms with Gasteiger partial charge in [0.25, 0.3) is 5.91 Å². The van der Waals surface area contributed by atoms with E-state index in [0.717, 1.165) is 24.2 Å². The standard InChI is InChI=1S/C15H20N2O/c1-9-4-5-10(16)6-11(9)14(18)17-7-12-13(8-17)15(12,2)3/h4-6,12-13H,7-8,16H2,1-3H3. The molecule has 1 aliphatic heterocycles. The van der Waals surface area contributed by atoms with Crippen molar-refractivity contribution in [3.8, 4) is 0 Å². The number of nitrogen functional groups attached to an aromatic ring is 1. The fourth-order valence-corrected chi connectivity index (χ4v) is 3.34. The minimum atomic E-state index is 0.141. The largest absolute Gasteiger partial charge is 0.399 e. The first kappa shape index (κ1) is 11.6. The second-order valence-electron chi connectivity index (χ2n) is 6.32. The van der Waals surface area contributed by atoms with E-state index < -0.39 is 0 Å². The summed E-state index contributed by atoms with van der Waals surface area (Å²) in [5.41, 5.74) is 8.65. The van der Waals surface area contributed by atoms with Crippen LogP contribution in [0.2, 0.25) is 0 Å². The molecule has 3 nitrogen and oxygen atoms in total. The fraction of sp³-hybridized carbons (Fsp3) is 0.533. The molecule has 1 saturated heterocycles. The van der Waals surface area contributed by atoms with Crippen molar-refractivity contribution in [3.05, 3.63) is 29.3 Å². The molecule has 3 heteroatoms. The lowest BCUT2D eigenvalue weighted by Gasteiger charge is -2.23. The van der Waals surface area contributed by atoms with Crippen LogP contribution in [0.3, 0.4) is 0 Å². The molecule has 1 heterocycles. The summed E-state index contributed by atoms with van der Waals surface area (Å²) in [5.74, 6) is 1.54. The Morgan fingerprint density at radius 2 is 1.94 bits per heavy atom. The molecule has 2 atom stereocenters. The normalized spacial score (nSPS) is 28.1. The number of carbonyl (C=O) groups excluding carboxylic acids is 1. The summed E-state index contributed by atoms with van der Waals surface area (Å²) in [4.78, 5) is 14.5. The third kappa shape index (κ3) is 1.53. The van der Waals surface area contributed by atoms with Gasteiger partial charge in [-0.15, -0.1) is 0 Å². The number of likely N-dealkylation sites (tertiary alicyclic amines) is 1. The van der Waals surface area contributed by atoms with Gasteiger partial charge < -0.3 is 10.6 Å². The van der Waals surface area contributed by atoms with Gasteiger partial charge in [0, 0.05) is 24.3 Å². The van der Waals surface area contributed by atoms with Crippen LogP contribution < -0.4 is 5.73 Å². The lowest BCUT2D eigenvalue weighted by atomic mass is 10.0. The number of piperidine rings is 1. The quantitative estimate of drug-likeness (QED) is 0.770. The molecule has 2 N–H and O–H groups in total. The van der Waals surface area contributed by atoms with Crippen molar-refractivity contribution in [3.63, 3.8) is 0 Å². The van der Waals surface area contributed by atoms with Gasteiger partial charge in [-0.25, -0.2) is 0 Å². The van der Waals surface area contributed by atoms with Crippen LogP contribution >= 0.6 is 0 Å². The maximum absolute atomic E-state index is 12.5. The Hall–Kier alpha value is -1.51. The van der Waals surface area contributed by atoms with E-state index in [0.29, 0.717) is 22.9 Å². The lowest BCUT2D eigenvalue weighted by Crippen LogP contribution is -2.33. The van der Waals surface area contributed by atoms with Crippen molar-refractivity contribution in [1.82, 2.24) is 4.90 Å². The average Bonchev–Trinajstić information content (AvgIpc) is 2.70. The van der Waals surface area contributed by atoms with Crippen LogP contribution in [-0.2, 0) is 0 Å². The van der Waals surface area contributed by atoms with Gasteiger partial charge in [-0.3, -0.25) is 4.79 Å². The van der Waals surface area contributed by atoms with Gasteiger partial charge in [0.05, 0.1) is 0 Å². The van der Waals surface area contributed by atoms with E-state index in [2.05, 4.69) is 13.8 Å². The molecule has 2 aliphatic rings. The molecule has 1 saturated carbocycles. The fourth-order valence-electron chi connectivity index (χ4n) is 3.34. The Labute approximate surface area is 108 Å². The highest BCUT2D eigenvalue weighted by Crippen LogP contribution is 2.62. The topological polar surface area (TPSA) is 46.3 Å². The summed E-state index contributed by atoms with van der Waals surface area (Å²) in [5, 5.41) is 0. The van der Waals surface area contributed by atoms with Gasteiger partial charge in [-0.2, -0.15) is 0 Å². The Morgan fingerprint density at radius 3 is 2.56 bits per heavy atom. The van der Waals surface area contributed by atoms with Crippen LogP contribution in [0.5, 0.6) is 0 Å². The monoisotopic (exact) mass is 244 g/mol. The molecule has 1 amide bonds. The molecular formula is C15H20N2O. The summed E-state index contributed by atoms with van der Waals surface area (Å²) in [6, 6.07) is 5.56. The molecule has 1 aromatic rings. The Balaban J connectivity index is 1.79. The number of nitrogens with two attached hydrogens (primary N) is 1. The molecule has 2 fully saturated rings. The molecule has 3 rings (SSSR count). The maximum atomic E-state index is 12.5. The molecule has 0 radical (unpaired) electrons. The third-order valence-electron chi connectivity index (χ3n) is 4.90. The van der Waals surface area contributed by atoms with Gasteiger partial charge >= 0.3 is 0 Å². The molecule has 2 unspecified atom stereocenters. The van der Waals surface area contributed by atoms with E-state index in [-0.39, 0.29) is 5.91 Å². The number of aryl methyl sites for hydroxylation is 1. The summed E-state index contributed by atoms with van der Waals surface area (Å²) in [6.07, 6.45) is 0. The summed E-state index contributed by atoms with van der Waals surface area (Å²) in [6.45, 7) is 8.38. The Bertz CT molecular complexity index is 507. The van der Waals surface area contributed by atoms with Crippen LogP contribution in [0, 0.1) is 24.2 Å². The first-order valence-corrected chi connectivity index (χ1v) is 6.56. The number of amides is 1. The van der Waals surface area contributed by atoms with Gasteiger partial charge in [-0.05, 0) is 41.9 Å². The molecule has 1 aliphatic carbocycles. The predicted molar refractivity (Wildman–Crippen MR) is 72.3 cm³/mol. The van der Waals surface area contributed by atoms with Crippen molar-refractivity contribution in [2.45, 2.75) is 20.8 Å². The minimum absolute atomic E-state index is 0.141. The van der Waals surface area contributed by atoms with Gasteiger partial charge in [-0.1, -0.05) is 19.9 Å². The molecule has 0 aromatic heterocycles. The van der Waals surface area contributed by atoms with Gasteiger partial charge in [0.2, 0.25) is 0 Å². The molecule has 96 valence electrons. The van der Waals surface area contributed by atoms with E-state index >= 15 is 0 Å². The summed E-state index contributed by atoms with van der Waals surface area (Å²) >= 11 is 0. The SMILES string of the molecule is Cc1ccc(N)cc1C(=O)N1CC2C(C1)C2(C)C. The zero-order valence-electron chi connectivity index (χ0n) is 11.2. The lowest BCUT2D eigenvalue weighted by molar-refractivity contribution is 0.0757. The predicted octanol–water partition coefficient (Wildman–Crippen LogP) is 2.31. The highest BCUT2D eigenvalue weighted by atomic mass is 16.2. The number of carbonyl (C=O) groups is 1. The number of nitrogens with zero attached hydrogens (tertiary/aromatic N) is 1. The second-order valence-corrected chi connectivity index (χ2v) is 6.32. The highest BCUT2D eigenvalue weighted by Gasteiger charge is 2.62. The first-order chi connectivity index (χ1) is 8.41. The smallest absolute Gasteiger partial charge is 0.254 e. The summed E-state index contributed by atoms with van der Waals surface area (Å²) < 4.78 is 0. The van der Waals surface area contributed by atoms with E-state index in [9.17, 15) is 4.79 Å². The number of rotatable bonds is 1. The average molecular weight is 244 g/mol. The maximum Gasteiger partial charge on any atom is 0.254 e. The van der Waals surface area contributed by atoms with E-state index in [1.165, 1.54) is 0 Å². The van der Waals surface area contributed by atoms with Crippen molar-refractivity contribution in [2.75, 3.05) is 18.8 Å². The Kier molecular flexibility index (Phi) is 2.25. The minimum Gasteiger partial charge on any atom is -0.399 e. The molecule has 0 bridgehead atoms. The number of hydrogen-bond acceptors (Lipinski definition) is 2. The van der Waals surface area contributed by atoms with Crippen LogP contribution in [0.4, 0.5) is 5.69 Å². The van der Waals surface area contributed by atoms with E-state index in [4.69, 9.17) is 5.73 Å². The van der Waals surface area contributed by atoms with E-state index in [1.54, 1.807) is 6.07 Å². The van der Waals surface area contributed by atoms with Crippen molar-refractivity contribution < 1.29 is 4.79 Å². The Morgan fingerprint density at radius 1 is 1.33 bits per heavy atom. The van der Waals surface area contributed by atoms with Crippen LogP contribution in [0.25, 0.3) is 0 Å². The molecule has 0 spiro atoms. The third-order valence-corrected chi connectivity index (χ3v) is 4.90. The second kappa shape index (κ2) is 3.50. The summed E-state index contributed by atoms with van der Waals surface area (Å²) in [7, 11) is 0. The van der Waals surface area contributed by atoms with Crippen molar-refractivity contribution >= 4 is 11.6 Å². The van der Waals surface area contributed by atoms with Crippen molar-refractivity contribution in [2.24, 2.45) is 17.3 Å². The number of benzene rings is 1. The number of anilines is 1. The number of fused-ring (bicyclic) bond motifs is 1. The number of hydrogen-bond donors (Lipinski definition) is 1. The zero-order chi connectivity index (χ0) is 13.1. The first-order valence-electron chi connectivity index (χ1n) is 6.56. The molecular weight excluding hydrogens is 224 g/mol. The van der Waals surface area contributed by atoms with Crippen LogP contribution in [0.15, 0.2) is 18.2 Å². The molecule has 1 aromatic carbocycles. The van der Waals surface area contributed by atoms with Crippen LogP contribution in [0.1, 0.15) is 29.8 Å². The van der Waals surface area contributed by atoms with Crippen molar-refractivity contribution in [1.29, 1.82) is 0 Å². The highest BCUT2D eigenvalue weighted by molar-refractivity contribution is 5.96. The van der Waals surface area contributed by atoms with Gasteiger partial charge in [0.1, 0.15) is 0 Å².